The van der Waals surface area contributed by atoms with Crippen LogP contribution in [0.1, 0.15) is 11.1 Å². The molecule has 0 heterocycles. The molecule has 104 valence electrons. The van der Waals surface area contributed by atoms with Crippen molar-refractivity contribution >= 4 is 17.8 Å². The van der Waals surface area contributed by atoms with Crippen LogP contribution in [-0.4, -0.2) is 4.92 Å². The fourth-order valence-electron chi connectivity index (χ4n) is 1.73. The van der Waals surface area contributed by atoms with Crippen molar-refractivity contribution in [2.75, 3.05) is 0 Å². The zero-order valence-corrected chi connectivity index (χ0v) is 11.4. The summed E-state index contributed by atoms with van der Waals surface area (Å²) in [7, 11) is 0. The Balaban J connectivity index is 1.88. The van der Waals surface area contributed by atoms with Gasteiger partial charge in [0.05, 0.1) is 4.92 Å². The molecule has 0 spiro atoms. The molecule has 0 amide bonds. The van der Waals surface area contributed by atoms with E-state index in [1.165, 1.54) is 12.1 Å². The normalized spacial score (nSPS) is 11.6. The molecular formula is C18H15NO2. The summed E-state index contributed by atoms with van der Waals surface area (Å²) in [6.07, 6.45) is 11.6. The molecule has 0 aromatic heterocycles. The van der Waals surface area contributed by atoms with Crippen LogP contribution in [0.15, 0.2) is 78.9 Å². The lowest BCUT2D eigenvalue weighted by molar-refractivity contribution is -0.384. The molecule has 0 aliphatic carbocycles. The number of non-ortho nitro benzene ring substituents is 1. The van der Waals surface area contributed by atoms with Gasteiger partial charge in [-0.15, -0.1) is 0 Å². The lowest BCUT2D eigenvalue weighted by Gasteiger charge is -1.92. The molecule has 2 rings (SSSR count). The van der Waals surface area contributed by atoms with Gasteiger partial charge in [-0.2, -0.15) is 0 Å². The van der Waals surface area contributed by atoms with E-state index < -0.39 is 4.92 Å². The van der Waals surface area contributed by atoms with E-state index in [9.17, 15) is 10.1 Å². The van der Waals surface area contributed by atoms with E-state index in [2.05, 4.69) is 0 Å². The second-order valence-corrected chi connectivity index (χ2v) is 4.36. The molecule has 0 bridgehead atoms. The molecule has 3 nitrogen and oxygen atoms in total. The average Bonchev–Trinajstić information content (AvgIpc) is 2.52. The summed E-state index contributed by atoms with van der Waals surface area (Å²) in [5.41, 5.74) is 2.19. The van der Waals surface area contributed by atoms with Gasteiger partial charge < -0.3 is 0 Å². The minimum absolute atomic E-state index is 0.105. The van der Waals surface area contributed by atoms with Crippen LogP contribution in [0.2, 0.25) is 0 Å². The fraction of sp³-hybridized carbons (Fsp3) is 0. The topological polar surface area (TPSA) is 43.1 Å². The zero-order valence-electron chi connectivity index (χ0n) is 11.4. The predicted molar refractivity (Wildman–Crippen MR) is 86.7 cm³/mol. The molecule has 3 heteroatoms. The van der Waals surface area contributed by atoms with E-state index in [0.29, 0.717) is 0 Å². The zero-order chi connectivity index (χ0) is 14.9. The van der Waals surface area contributed by atoms with Crippen LogP contribution in [0.25, 0.3) is 12.2 Å². The van der Waals surface area contributed by atoms with Gasteiger partial charge in [0.15, 0.2) is 0 Å². The van der Waals surface area contributed by atoms with Crippen molar-refractivity contribution < 1.29 is 4.92 Å². The maximum atomic E-state index is 10.5. The maximum Gasteiger partial charge on any atom is 0.269 e. The summed E-state index contributed by atoms with van der Waals surface area (Å²) in [4.78, 5) is 10.1. The number of nitro benzene ring substituents is 1. The fourth-order valence-corrected chi connectivity index (χ4v) is 1.73. The molecule has 0 aliphatic rings. The highest BCUT2D eigenvalue weighted by Gasteiger charge is 2.01. The van der Waals surface area contributed by atoms with Crippen molar-refractivity contribution in [3.8, 4) is 0 Å². The second kappa shape index (κ2) is 7.60. The number of allylic oxidation sites excluding steroid dienone is 4. The van der Waals surface area contributed by atoms with Crippen LogP contribution >= 0.6 is 0 Å². The largest absolute Gasteiger partial charge is 0.269 e. The van der Waals surface area contributed by atoms with Gasteiger partial charge in [-0.25, -0.2) is 0 Å². The number of nitrogens with zero attached hydrogens (tertiary/aromatic N) is 1. The van der Waals surface area contributed by atoms with Crippen LogP contribution in [-0.2, 0) is 0 Å². The standard InChI is InChI=1S/C18H15NO2/c20-19(21)18-14-12-17(13-15-18)11-5-2-1-4-8-16-9-6-3-7-10-16/h1-15H. The molecule has 0 N–H and O–H groups in total. The van der Waals surface area contributed by atoms with E-state index in [1.54, 1.807) is 12.1 Å². The first kappa shape index (κ1) is 14.5. The predicted octanol–water partition coefficient (Wildman–Crippen LogP) is 4.88. The molecule has 2 aromatic carbocycles. The highest BCUT2D eigenvalue weighted by Crippen LogP contribution is 2.12. The Hall–Kier alpha value is -2.94. The van der Waals surface area contributed by atoms with Crippen LogP contribution < -0.4 is 0 Å². The van der Waals surface area contributed by atoms with Gasteiger partial charge in [-0.1, -0.05) is 66.8 Å². The lowest BCUT2D eigenvalue weighted by atomic mass is 10.2. The van der Waals surface area contributed by atoms with Crippen molar-refractivity contribution in [2.24, 2.45) is 0 Å². The molecule has 0 unspecified atom stereocenters. The summed E-state index contributed by atoms with van der Waals surface area (Å²) in [5.74, 6) is 0. The minimum Gasteiger partial charge on any atom is -0.258 e. The van der Waals surface area contributed by atoms with E-state index in [-0.39, 0.29) is 5.69 Å². The van der Waals surface area contributed by atoms with Crippen LogP contribution in [0.4, 0.5) is 5.69 Å². The molecular weight excluding hydrogens is 262 g/mol. The van der Waals surface area contributed by atoms with Gasteiger partial charge in [-0.05, 0) is 23.3 Å². The average molecular weight is 277 g/mol. The number of nitro groups is 1. The minimum atomic E-state index is -0.401. The highest BCUT2D eigenvalue weighted by molar-refractivity contribution is 5.54. The summed E-state index contributed by atoms with van der Waals surface area (Å²) < 4.78 is 0. The number of benzene rings is 2. The Labute approximate surface area is 123 Å². The lowest BCUT2D eigenvalue weighted by Crippen LogP contribution is -1.86. The van der Waals surface area contributed by atoms with Crippen molar-refractivity contribution in [3.05, 3.63) is 100 Å². The molecule has 0 radical (unpaired) electrons. The van der Waals surface area contributed by atoms with E-state index in [4.69, 9.17) is 0 Å². The van der Waals surface area contributed by atoms with Crippen LogP contribution in [0.3, 0.4) is 0 Å². The second-order valence-electron chi connectivity index (χ2n) is 4.36. The maximum absolute atomic E-state index is 10.5. The number of hydrogen-bond donors (Lipinski definition) is 0. The molecule has 0 atom stereocenters. The van der Waals surface area contributed by atoms with Crippen molar-refractivity contribution in [2.45, 2.75) is 0 Å². The van der Waals surface area contributed by atoms with Gasteiger partial charge >= 0.3 is 0 Å². The van der Waals surface area contributed by atoms with Crippen molar-refractivity contribution in [1.82, 2.24) is 0 Å². The Kier molecular flexibility index (Phi) is 5.24. The van der Waals surface area contributed by atoms with Gasteiger partial charge in [0.2, 0.25) is 0 Å². The van der Waals surface area contributed by atoms with E-state index in [1.807, 2.05) is 66.8 Å². The molecule has 0 aliphatic heterocycles. The van der Waals surface area contributed by atoms with Gasteiger partial charge in [0, 0.05) is 12.1 Å². The van der Waals surface area contributed by atoms with Crippen LogP contribution in [0, 0.1) is 10.1 Å². The van der Waals surface area contributed by atoms with Gasteiger partial charge in [0.25, 0.3) is 5.69 Å². The SMILES string of the molecule is O=[N+]([O-])c1ccc(C=CC=CC=Cc2ccccc2)cc1. The van der Waals surface area contributed by atoms with Crippen molar-refractivity contribution in [1.29, 1.82) is 0 Å². The van der Waals surface area contributed by atoms with Crippen LogP contribution in [0.5, 0.6) is 0 Å². The molecule has 0 saturated heterocycles. The Morgan fingerprint density at radius 3 is 1.76 bits per heavy atom. The third-order valence-corrected chi connectivity index (χ3v) is 2.81. The highest BCUT2D eigenvalue weighted by atomic mass is 16.6. The molecule has 21 heavy (non-hydrogen) atoms. The molecule has 0 saturated carbocycles. The van der Waals surface area contributed by atoms with Gasteiger partial charge in [-0.3, -0.25) is 10.1 Å². The Morgan fingerprint density at radius 2 is 1.24 bits per heavy atom. The van der Waals surface area contributed by atoms with E-state index in [0.717, 1.165) is 11.1 Å². The first-order valence-electron chi connectivity index (χ1n) is 6.56. The first-order valence-corrected chi connectivity index (χ1v) is 6.56. The Morgan fingerprint density at radius 1 is 0.714 bits per heavy atom. The van der Waals surface area contributed by atoms with Gasteiger partial charge in [0.1, 0.15) is 0 Å². The Bertz CT molecular complexity index is 668. The summed E-state index contributed by atoms with van der Waals surface area (Å²) >= 11 is 0. The number of hydrogen-bond acceptors (Lipinski definition) is 2. The smallest absolute Gasteiger partial charge is 0.258 e. The van der Waals surface area contributed by atoms with E-state index >= 15 is 0 Å². The first-order chi connectivity index (χ1) is 10.3. The summed E-state index contributed by atoms with van der Waals surface area (Å²) in [6.45, 7) is 0. The monoisotopic (exact) mass is 277 g/mol. The third-order valence-electron chi connectivity index (χ3n) is 2.81. The number of rotatable bonds is 5. The molecule has 2 aromatic rings. The molecule has 0 fully saturated rings. The third kappa shape index (κ3) is 4.91. The van der Waals surface area contributed by atoms with Crippen molar-refractivity contribution in [3.63, 3.8) is 0 Å². The summed E-state index contributed by atoms with van der Waals surface area (Å²) in [6, 6.07) is 16.5. The summed E-state index contributed by atoms with van der Waals surface area (Å²) in [5, 5.41) is 10.5. The quantitative estimate of drug-likeness (QED) is 0.444.